The summed E-state index contributed by atoms with van der Waals surface area (Å²) in [6.45, 7) is 7.62. The summed E-state index contributed by atoms with van der Waals surface area (Å²) in [7, 11) is 0. The van der Waals surface area contributed by atoms with Gasteiger partial charge in [-0.1, -0.05) is 18.2 Å². The Kier molecular flexibility index (Phi) is 4.83. The van der Waals surface area contributed by atoms with Gasteiger partial charge in [-0.15, -0.1) is 0 Å². The molecule has 3 rings (SSSR count). The minimum absolute atomic E-state index is 0.224. The Morgan fingerprint density at radius 2 is 1.74 bits per heavy atom. The maximum absolute atomic E-state index is 13.5. The Balaban J connectivity index is 2.10. The van der Waals surface area contributed by atoms with Crippen LogP contribution in [0, 0.1) is 18.6 Å². The highest BCUT2D eigenvalue weighted by Gasteiger charge is 2.20. The number of benzene rings is 2. The van der Waals surface area contributed by atoms with E-state index in [4.69, 9.17) is 0 Å². The molecule has 0 radical (unpaired) electrons. The zero-order valence-corrected chi connectivity index (χ0v) is 15.7. The lowest BCUT2D eigenvalue weighted by molar-refractivity contribution is 0.0921. The highest BCUT2D eigenvalue weighted by Crippen LogP contribution is 2.30. The summed E-state index contributed by atoms with van der Waals surface area (Å²) in [4.78, 5) is 17.1. The third-order valence-electron chi connectivity index (χ3n) is 3.98. The molecule has 1 amide bonds. The van der Waals surface area contributed by atoms with Gasteiger partial charge >= 0.3 is 0 Å². The molecule has 4 nitrogen and oxygen atoms in total. The molecule has 0 fully saturated rings. The number of aromatic nitrogens is 1. The number of carbonyl (C=O) groups excluding carboxylic acids is 1. The van der Waals surface area contributed by atoms with E-state index in [0.717, 1.165) is 17.0 Å². The van der Waals surface area contributed by atoms with Crippen LogP contribution in [-0.4, -0.2) is 16.4 Å². The number of nitrogens with zero attached hydrogens (tertiary/aromatic N) is 1. The van der Waals surface area contributed by atoms with Gasteiger partial charge in [-0.2, -0.15) is 0 Å². The maximum atomic E-state index is 13.5. The summed E-state index contributed by atoms with van der Waals surface area (Å²) in [6, 6.07) is 8.76. The van der Waals surface area contributed by atoms with Crippen molar-refractivity contribution in [2.24, 2.45) is 0 Å². The lowest BCUT2D eigenvalue weighted by Crippen LogP contribution is -2.40. The molecule has 140 valence electrons. The molecule has 1 heterocycles. The predicted molar refractivity (Wildman–Crippen MR) is 103 cm³/mol. The molecule has 0 spiro atoms. The third-order valence-corrected chi connectivity index (χ3v) is 3.98. The number of rotatable bonds is 3. The lowest BCUT2D eigenvalue weighted by Gasteiger charge is -2.21. The van der Waals surface area contributed by atoms with E-state index in [1.807, 2.05) is 45.9 Å². The third kappa shape index (κ3) is 4.22. The smallest absolute Gasteiger partial charge is 0.253 e. The largest absolute Gasteiger partial charge is 0.347 e. The second-order valence-electron chi connectivity index (χ2n) is 7.51. The average molecular weight is 369 g/mol. The van der Waals surface area contributed by atoms with Crippen molar-refractivity contribution >= 4 is 28.2 Å². The fraction of sp³-hybridized carbons (Fsp3) is 0.238. The molecule has 0 saturated heterocycles. The molecule has 0 aliphatic heterocycles. The summed E-state index contributed by atoms with van der Waals surface area (Å²) in [5.74, 6) is -1.16. The van der Waals surface area contributed by atoms with Crippen LogP contribution >= 0.6 is 0 Å². The van der Waals surface area contributed by atoms with Gasteiger partial charge in [0.1, 0.15) is 17.5 Å². The normalized spacial score (nSPS) is 11.5. The van der Waals surface area contributed by atoms with Gasteiger partial charge in [0.2, 0.25) is 0 Å². The van der Waals surface area contributed by atoms with Crippen molar-refractivity contribution in [1.82, 2.24) is 10.3 Å². The van der Waals surface area contributed by atoms with Crippen LogP contribution in [0.3, 0.4) is 0 Å². The van der Waals surface area contributed by atoms with Crippen molar-refractivity contribution in [2.75, 3.05) is 5.32 Å². The van der Waals surface area contributed by atoms with Gasteiger partial charge in [0.15, 0.2) is 0 Å². The van der Waals surface area contributed by atoms with Gasteiger partial charge in [-0.25, -0.2) is 13.8 Å². The fourth-order valence-corrected chi connectivity index (χ4v) is 2.93. The van der Waals surface area contributed by atoms with Crippen molar-refractivity contribution in [1.29, 1.82) is 0 Å². The standard InChI is InChI=1S/C21H21F2N3O/c1-12-6-5-7-16-18(12)17(20(27)26-21(2,3)4)11-24-19(16)25-15-9-13(22)8-14(23)10-15/h5-11H,1-4H3,(H,24,25)(H,26,27). The summed E-state index contributed by atoms with van der Waals surface area (Å²) < 4.78 is 27.0. The number of fused-ring (bicyclic) bond motifs is 1. The minimum Gasteiger partial charge on any atom is -0.347 e. The van der Waals surface area contributed by atoms with E-state index in [1.54, 1.807) is 0 Å². The molecule has 3 aromatic rings. The molecule has 0 aliphatic carbocycles. The van der Waals surface area contributed by atoms with Gasteiger partial charge in [-0.3, -0.25) is 4.79 Å². The first-order chi connectivity index (χ1) is 12.6. The van der Waals surface area contributed by atoms with E-state index < -0.39 is 11.6 Å². The zero-order valence-electron chi connectivity index (χ0n) is 15.7. The van der Waals surface area contributed by atoms with Gasteiger partial charge in [0, 0.05) is 34.3 Å². The van der Waals surface area contributed by atoms with E-state index in [1.165, 1.54) is 18.3 Å². The minimum atomic E-state index is -0.681. The Bertz CT molecular complexity index is 1010. The number of halogens is 2. The van der Waals surface area contributed by atoms with Crippen LogP contribution in [0.25, 0.3) is 10.8 Å². The highest BCUT2D eigenvalue weighted by molar-refractivity contribution is 6.10. The summed E-state index contributed by atoms with van der Waals surface area (Å²) >= 11 is 0. The van der Waals surface area contributed by atoms with Crippen LogP contribution in [0.15, 0.2) is 42.6 Å². The van der Waals surface area contributed by atoms with Crippen LogP contribution in [-0.2, 0) is 0 Å². The number of pyridine rings is 1. The van der Waals surface area contributed by atoms with E-state index in [-0.39, 0.29) is 17.1 Å². The van der Waals surface area contributed by atoms with Crippen LogP contribution in [0.4, 0.5) is 20.3 Å². The molecular formula is C21H21F2N3O. The van der Waals surface area contributed by atoms with E-state index in [2.05, 4.69) is 15.6 Å². The van der Waals surface area contributed by atoms with E-state index >= 15 is 0 Å². The van der Waals surface area contributed by atoms with Gasteiger partial charge in [0.05, 0.1) is 5.56 Å². The summed E-state index contributed by atoms with van der Waals surface area (Å²) in [6.07, 6.45) is 1.48. The topological polar surface area (TPSA) is 54.0 Å². The Labute approximate surface area is 156 Å². The number of hydrogen-bond acceptors (Lipinski definition) is 3. The number of aryl methyl sites for hydroxylation is 1. The molecule has 1 aromatic heterocycles. The Morgan fingerprint density at radius 3 is 2.37 bits per heavy atom. The first-order valence-electron chi connectivity index (χ1n) is 8.58. The van der Waals surface area contributed by atoms with Crippen LogP contribution in [0.1, 0.15) is 36.7 Å². The van der Waals surface area contributed by atoms with Crippen molar-refractivity contribution < 1.29 is 13.6 Å². The molecule has 0 saturated carbocycles. The quantitative estimate of drug-likeness (QED) is 0.676. The highest BCUT2D eigenvalue weighted by atomic mass is 19.1. The fourth-order valence-electron chi connectivity index (χ4n) is 2.93. The average Bonchev–Trinajstić information content (AvgIpc) is 2.53. The van der Waals surface area contributed by atoms with Crippen molar-refractivity contribution in [2.45, 2.75) is 33.2 Å². The zero-order chi connectivity index (χ0) is 19.8. The predicted octanol–water partition coefficient (Wildman–Crippen LogP) is 5.09. The molecular weight excluding hydrogens is 348 g/mol. The van der Waals surface area contributed by atoms with E-state index in [0.29, 0.717) is 16.8 Å². The van der Waals surface area contributed by atoms with Gasteiger partial charge in [0.25, 0.3) is 5.91 Å². The van der Waals surface area contributed by atoms with Crippen molar-refractivity contribution in [3.8, 4) is 0 Å². The van der Waals surface area contributed by atoms with Gasteiger partial charge in [-0.05, 0) is 45.4 Å². The second-order valence-corrected chi connectivity index (χ2v) is 7.51. The molecule has 2 N–H and O–H groups in total. The number of carbonyl (C=O) groups is 1. The summed E-state index contributed by atoms with van der Waals surface area (Å²) in [5, 5.41) is 7.33. The molecule has 0 bridgehead atoms. The molecule has 27 heavy (non-hydrogen) atoms. The second kappa shape index (κ2) is 6.95. The maximum Gasteiger partial charge on any atom is 0.253 e. The monoisotopic (exact) mass is 369 g/mol. The Morgan fingerprint density at radius 1 is 1.07 bits per heavy atom. The molecule has 0 aliphatic rings. The van der Waals surface area contributed by atoms with Crippen LogP contribution < -0.4 is 10.6 Å². The number of anilines is 2. The first kappa shape index (κ1) is 18.8. The molecule has 6 heteroatoms. The molecule has 2 aromatic carbocycles. The van der Waals surface area contributed by atoms with Crippen molar-refractivity contribution in [3.63, 3.8) is 0 Å². The summed E-state index contributed by atoms with van der Waals surface area (Å²) in [5.41, 5.74) is 1.22. The van der Waals surface area contributed by atoms with Gasteiger partial charge < -0.3 is 10.6 Å². The SMILES string of the molecule is Cc1cccc2c(Nc3cc(F)cc(F)c3)ncc(C(=O)NC(C)(C)C)c12. The first-order valence-corrected chi connectivity index (χ1v) is 8.58. The number of nitrogens with one attached hydrogen (secondary N) is 2. The van der Waals surface area contributed by atoms with Crippen LogP contribution in [0.5, 0.6) is 0 Å². The van der Waals surface area contributed by atoms with Crippen LogP contribution in [0.2, 0.25) is 0 Å². The molecule has 0 atom stereocenters. The molecule has 0 unspecified atom stereocenters. The number of hydrogen-bond donors (Lipinski definition) is 2. The van der Waals surface area contributed by atoms with Crippen molar-refractivity contribution in [3.05, 3.63) is 65.4 Å². The lowest BCUT2D eigenvalue weighted by atomic mass is 10.00. The van der Waals surface area contributed by atoms with E-state index in [9.17, 15) is 13.6 Å². The number of amides is 1. The Hall–Kier alpha value is -3.02.